The third-order valence-electron chi connectivity index (χ3n) is 1.10. The molecule has 0 aromatic rings. The van der Waals surface area contributed by atoms with Crippen LogP contribution in [-0.4, -0.2) is 32.3 Å². The summed E-state index contributed by atoms with van der Waals surface area (Å²) in [7, 11) is 5.37. The molecule has 1 unspecified atom stereocenters. The molecule has 0 fully saturated rings. The Hall–Kier alpha value is -0.995. The highest BCUT2D eigenvalue weighted by Crippen LogP contribution is 2.06. The molecule has 13 heavy (non-hydrogen) atoms. The zero-order valence-electron chi connectivity index (χ0n) is 8.26. The van der Waals surface area contributed by atoms with Gasteiger partial charge in [0.15, 0.2) is 0 Å². The van der Waals surface area contributed by atoms with Crippen molar-refractivity contribution in [3.05, 3.63) is 0 Å². The third-order valence-corrected chi connectivity index (χ3v) is 1.10. The molecule has 0 spiro atoms. The molecule has 1 atom stereocenters. The van der Waals surface area contributed by atoms with Gasteiger partial charge in [0.05, 0.1) is 7.85 Å². The van der Waals surface area contributed by atoms with Gasteiger partial charge in [-0.25, -0.2) is 4.79 Å². The first-order valence-electron chi connectivity index (χ1n) is 4.08. The van der Waals surface area contributed by atoms with E-state index in [1.54, 1.807) is 20.8 Å². The van der Waals surface area contributed by atoms with Crippen molar-refractivity contribution in [1.29, 1.82) is 5.41 Å². The van der Waals surface area contributed by atoms with Crippen molar-refractivity contribution in [3.8, 4) is 0 Å². The van der Waals surface area contributed by atoms with Crippen molar-refractivity contribution < 1.29 is 9.53 Å². The molecule has 0 aliphatic carbocycles. The van der Waals surface area contributed by atoms with Crippen LogP contribution in [0.1, 0.15) is 20.8 Å². The average Bonchev–Trinajstić information content (AvgIpc) is 1.97. The summed E-state index contributed by atoms with van der Waals surface area (Å²) >= 11 is 0. The molecule has 0 aromatic heterocycles. The smallest absolute Gasteiger partial charge is 0.407 e. The quantitative estimate of drug-likeness (QED) is 0.507. The number of carbonyl (C=O) groups excluding carboxylic acids is 1. The van der Waals surface area contributed by atoms with E-state index >= 15 is 0 Å². The van der Waals surface area contributed by atoms with E-state index in [1.165, 1.54) is 0 Å². The molecule has 0 saturated carbocycles. The Labute approximate surface area is 80.0 Å². The van der Waals surface area contributed by atoms with Gasteiger partial charge in [-0.3, -0.25) is 0 Å². The minimum atomic E-state index is -0.509. The number of amides is 1. The first-order chi connectivity index (χ1) is 5.85. The Balaban J connectivity index is 3.70. The van der Waals surface area contributed by atoms with Crippen molar-refractivity contribution in [1.82, 2.24) is 5.32 Å². The van der Waals surface area contributed by atoms with Crippen molar-refractivity contribution in [2.24, 2.45) is 0 Å². The van der Waals surface area contributed by atoms with Gasteiger partial charge in [0.1, 0.15) is 5.60 Å². The Kier molecular flexibility index (Phi) is 4.52. The van der Waals surface area contributed by atoms with Crippen molar-refractivity contribution in [2.75, 3.05) is 6.54 Å². The minimum Gasteiger partial charge on any atom is -0.444 e. The highest BCUT2D eigenvalue weighted by Gasteiger charge is 2.15. The molecule has 1 amide bonds. The summed E-state index contributed by atoms with van der Waals surface area (Å²) < 4.78 is 4.95. The fraction of sp³-hybridized carbons (Fsp3) is 0.750. The molecule has 0 rings (SSSR count). The Morgan fingerprint density at radius 2 is 2.23 bits per heavy atom. The molecule has 0 saturated heterocycles. The molecule has 0 aromatic carbocycles. The van der Waals surface area contributed by atoms with Gasteiger partial charge in [0, 0.05) is 6.54 Å². The summed E-state index contributed by atoms with van der Waals surface area (Å²) in [6.07, 6.45) is 0.557. The molecule has 4 nitrogen and oxygen atoms in total. The summed E-state index contributed by atoms with van der Waals surface area (Å²) in [5.41, 5.74) is -0.501. The lowest BCUT2D eigenvalue weighted by molar-refractivity contribution is 0.0529. The molecule has 0 bridgehead atoms. The van der Waals surface area contributed by atoms with E-state index in [9.17, 15) is 4.79 Å². The maximum Gasteiger partial charge on any atom is 0.407 e. The van der Waals surface area contributed by atoms with E-state index in [-0.39, 0.29) is 6.54 Å². The fourth-order valence-corrected chi connectivity index (χ4v) is 0.574. The molecule has 0 aliphatic rings. The van der Waals surface area contributed by atoms with E-state index < -0.39 is 17.5 Å². The molecule has 72 valence electrons. The number of ether oxygens (including phenoxy) is 1. The van der Waals surface area contributed by atoms with Crippen LogP contribution in [-0.2, 0) is 4.74 Å². The van der Waals surface area contributed by atoms with Crippen molar-refractivity contribution in [2.45, 2.75) is 32.2 Å². The van der Waals surface area contributed by atoms with E-state index in [4.69, 9.17) is 18.0 Å². The molecule has 0 aliphatic heterocycles. The summed E-state index contributed by atoms with van der Waals surface area (Å²) in [4.78, 5) is 11.0. The Morgan fingerprint density at radius 1 is 1.69 bits per heavy atom. The zero-order valence-corrected chi connectivity index (χ0v) is 8.26. The minimum absolute atomic E-state index is 0.221. The number of rotatable bonds is 3. The van der Waals surface area contributed by atoms with Crippen LogP contribution in [0.2, 0.25) is 5.82 Å². The average molecular weight is 182 g/mol. The van der Waals surface area contributed by atoms with Crippen LogP contribution in [0.15, 0.2) is 0 Å². The molecule has 2 N–H and O–H groups in total. The second-order valence-corrected chi connectivity index (χ2v) is 3.71. The molecular weight excluding hydrogens is 167 g/mol. The van der Waals surface area contributed by atoms with E-state index in [1.807, 2.05) is 0 Å². The topological polar surface area (TPSA) is 62.2 Å². The molecule has 2 radical (unpaired) electrons. The van der Waals surface area contributed by atoms with Crippen molar-refractivity contribution in [3.63, 3.8) is 0 Å². The number of nitrogens with one attached hydrogen (secondary N) is 2. The van der Waals surface area contributed by atoms with Gasteiger partial charge >= 0.3 is 6.09 Å². The zero-order chi connectivity index (χ0) is 10.5. The van der Waals surface area contributed by atoms with Gasteiger partial charge in [-0.2, -0.15) is 0 Å². The number of hydrogen-bond acceptors (Lipinski definition) is 3. The largest absolute Gasteiger partial charge is 0.444 e. The van der Waals surface area contributed by atoms with Gasteiger partial charge in [0.2, 0.25) is 0 Å². The SMILES string of the molecule is [B]C(C=N)CNC(=O)OC(C)(C)C. The van der Waals surface area contributed by atoms with Crippen LogP contribution in [0, 0.1) is 5.41 Å². The highest BCUT2D eigenvalue weighted by atomic mass is 16.6. The van der Waals surface area contributed by atoms with E-state index in [2.05, 4.69) is 5.32 Å². The van der Waals surface area contributed by atoms with E-state index in [0.29, 0.717) is 0 Å². The summed E-state index contributed by atoms with van der Waals surface area (Å²) in [6.45, 7) is 5.56. The summed E-state index contributed by atoms with van der Waals surface area (Å²) in [5.74, 6) is -0.451. The molecular formula is C8H15BN2O2. The monoisotopic (exact) mass is 182 g/mol. The molecule has 0 heterocycles. The first kappa shape index (κ1) is 12.0. The highest BCUT2D eigenvalue weighted by molar-refractivity contribution is 6.20. The van der Waals surface area contributed by atoms with Crippen molar-refractivity contribution >= 4 is 20.2 Å². The molecule has 5 heteroatoms. The van der Waals surface area contributed by atoms with Crippen LogP contribution in [0.4, 0.5) is 4.79 Å². The Bertz CT molecular complexity index is 189. The third kappa shape index (κ3) is 7.37. The predicted octanol–water partition coefficient (Wildman–Crippen LogP) is 1.12. The van der Waals surface area contributed by atoms with Gasteiger partial charge in [-0.1, -0.05) is 0 Å². The van der Waals surface area contributed by atoms with Gasteiger partial charge in [0.25, 0.3) is 0 Å². The predicted molar refractivity (Wildman–Crippen MR) is 52.5 cm³/mol. The lowest BCUT2D eigenvalue weighted by atomic mass is 9.89. The normalized spacial score (nSPS) is 13.2. The fourth-order valence-electron chi connectivity index (χ4n) is 0.574. The van der Waals surface area contributed by atoms with Crippen LogP contribution < -0.4 is 5.32 Å². The second-order valence-electron chi connectivity index (χ2n) is 3.71. The van der Waals surface area contributed by atoms with E-state index in [0.717, 1.165) is 6.21 Å². The standard InChI is InChI=1S/C8H15BN2O2/c1-8(2,3)13-7(12)11-5-6(9)4-10/h4,6,10H,5H2,1-3H3,(H,11,12). The van der Waals surface area contributed by atoms with Gasteiger partial charge in [-0.05, 0) is 32.8 Å². The number of alkyl carbamates (subject to hydrolysis) is 1. The maximum atomic E-state index is 11.0. The second kappa shape index (κ2) is 4.89. The van der Waals surface area contributed by atoms with Crippen LogP contribution in [0.3, 0.4) is 0 Å². The number of hydrogen-bond donors (Lipinski definition) is 2. The number of carbonyl (C=O) groups is 1. The lowest BCUT2D eigenvalue weighted by Crippen LogP contribution is -2.34. The Morgan fingerprint density at radius 3 is 2.62 bits per heavy atom. The maximum absolute atomic E-state index is 11.0. The van der Waals surface area contributed by atoms with Crippen LogP contribution >= 0.6 is 0 Å². The summed E-state index contributed by atoms with van der Waals surface area (Å²) in [5, 5.41) is 9.24. The van der Waals surface area contributed by atoms with Crippen LogP contribution in [0.5, 0.6) is 0 Å². The summed E-state index contributed by atoms with van der Waals surface area (Å²) in [6, 6.07) is 0. The van der Waals surface area contributed by atoms with Gasteiger partial charge in [-0.15, -0.1) is 0 Å². The lowest BCUT2D eigenvalue weighted by Gasteiger charge is -2.20. The van der Waals surface area contributed by atoms with Crippen LogP contribution in [0.25, 0.3) is 0 Å². The first-order valence-corrected chi connectivity index (χ1v) is 4.08. The van der Waals surface area contributed by atoms with Gasteiger partial charge < -0.3 is 15.5 Å².